The van der Waals surface area contributed by atoms with Gasteiger partial charge in [0.2, 0.25) is 0 Å². The van der Waals surface area contributed by atoms with E-state index in [0.29, 0.717) is 11.4 Å². The molecular weight excluding hydrogens is 243 g/mol. The lowest BCUT2D eigenvalue weighted by molar-refractivity contribution is 0.224. The highest BCUT2D eigenvalue weighted by Gasteiger charge is 2.25. The zero-order valence-electron chi connectivity index (χ0n) is 10.7. The minimum Gasteiger partial charge on any atom is -0.399 e. The largest absolute Gasteiger partial charge is 0.399 e. The summed E-state index contributed by atoms with van der Waals surface area (Å²) in [5, 5.41) is 12.8. The van der Waals surface area contributed by atoms with Crippen LogP contribution >= 0.6 is 0 Å². The summed E-state index contributed by atoms with van der Waals surface area (Å²) in [4.78, 5) is 0. The van der Waals surface area contributed by atoms with E-state index < -0.39 is 11.4 Å². The molecular formula is C15H17FN2O. The van der Waals surface area contributed by atoms with Crippen molar-refractivity contribution >= 4 is 11.4 Å². The van der Waals surface area contributed by atoms with Gasteiger partial charge in [0, 0.05) is 11.4 Å². The molecule has 19 heavy (non-hydrogen) atoms. The number of nitrogens with two attached hydrogens (primary N) is 1. The first-order chi connectivity index (χ1) is 9.03. The van der Waals surface area contributed by atoms with Crippen LogP contribution in [0.1, 0.15) is 12.5 Å². The van der Waals surface area contributed by atoms with E-state index in [1.54, 1.807) is 6.07 Å². The molecule has 0 radical (unpaired) electrons. The summed E-state index contributed by atoms with van der Waals surface area (Å²) in [5.41, 5.74) is 6.72. The second kappa shape index (κ2) is 5.28. The zero-order valence-corrected chi connectivity index (χ0v) is 10.7. The van der Waals surface area contributed by atoms with Crippen LogP contribution in [0, 0.1) is 5.82 Å². The van der Waals surface area contributed by atoms with Crippen molar-refractivity contribution in [2.45, 2.75) is 12.5 Å². The number of hydrogen-bond donors (Lipinski definition) is 3. The maximum absolute atomic E-state index is 13.3. The Morgan fingerprint density at radius 2 is 1.89 bits per heavy atom. The van der Waals surface area contributed by atoms with Gasteiger partial charge in [0.1, 0.15) is 5.82 Å². The summed E-state index contributed by atoms with van der Waals surface area (Å²) in [5.74, 6) is -0.407. The lowest BCUT2D eigenvalue weighted by Crippen LogP contribution is -2.35. The van der Waals surface area contributed by atoms with Crippen molar-refractivity contribution in [3.8, 4) is 0 Å². The van der Waals surface area contributed by atoms with Crippen LogP contribution in [-0.2, 0) is 5.54 Å². The second-order valence-corrected chi connectivity index (χ2v) is 4.75. The van der Waals surface area contributed by atoms with Crippen LogP contribution in [0.2, 0.25) is 0 Å². The van der Waals surface area contributed by atoms with Gasteiger partial charge in [0.15, 0.2) is 0 Å². The van der Waals surface area contributed by atoms with Gasteiger partial charge in [-0.3, -0.25) is 0 Å². The highest BCUT2D eigenvalue weighted by molar-refractivity contribution is 5.56. The van der Waals surface area contributed by atoms with Gasteiger partial charge in [-0.2, -0.15) is 0 Å². The number of halogens is 1. The number of anilines is 2. The molecule has 0 fully saturated rings. The molecule has 0 bridgehead atoms. The Morgan fingerprint density at radius 3 is 2.47 bits per heavy atom. The maximum atomic E-state index is 13.3. The third-order valence-corrected chi connectivity index (χ3v) is 3.07. The van der Waals surface area contributed by atoms with Crippen LogP contribution in [0.5, 0.6) is 0 Å². The molecule has 0 spiro atoms. The van der Waals surface area contributed by atoms with E-state index in [1.165, 1.54) is 12.1 Å². The molecule has 1 unspecified atom stereocenters. The molecule has 3 nitrogen and oxygen atoms in total. The van der Waals surface area contributed by atoms with Crippen molar-refractivity contribution in [1.29, 1.82) is 0 Å². The molecule has 100 valence electrons. The van der Waals surface area contributed by atoms with Gasteiger partial charge in [-0.15, -0.1) is 0 Å². The van der Waals surface area contributed by atoms with E-state index >= 15 is 0 Å². The Bertz CT molecular complexity index is 539. The molecule has 2 aromatic rings. The third kappa shape index (κ3) is 3.03. The molecule has 2 rings (SSSR count). The number of nitrogens with one attached hydrogen (secondary N) is 1. The Hall–Kier alpha value is -2.07. The first kappa shape index (κ1) is 13.4. The van der Waals surface area contributed by atoms with Gasteiger partial charge >= 0.3 is 0 Å². The van der Waals surface area contributed by atoms with Gasteiger partial charge in [-0.1, -0.05) is 30.3 Å². The van der Waals surface area contributed by atoms with Gasteiger partial charge in [0.25, 0.3) is 0 Å². The molecule has 0 saturated heterocycles. The molecule has 0 aliphatic carbocycles. The molecule has 0 aromatic heterocycles. The van der Waals surface area contributed by atoms with Crippen molar-refractivity contribution in [1.82, 2.24) is 0 Å². The normalized spacial score (nSPS) is 13.8. The second-order valence-electron chi connectivity index (χ2n) is 4.75. The summed E-state index contributed by atoms with van der Waals surface area (Å²) >= 11 is 0. The van der Waals surface area contributed by atoms with Gasteiger partial charge in [0.05, 0.1) is 12.1 Å². The standard InChI is InChI=1S/C15H17FN2O/c1-15(10-19,11-5-3-2-4-6-11)18-14-8-12(16)7-13(17)9-14/h2-9,18-19H,10,17H2,1H3. The van der Waals surface area contributed by atoms with Crippen LogP contribution < -0.4 is 11.1 Å². The summed E-state index contributed by atoms with van der Waals surface area (Å²) in [7, 11) is 0. The lowest BCUT2D eigenvalue weighted by Gasteiger charge is -2.30. The van der Waals surface area contributed by atoms with Gasteiger partial charge in [-0.25, -0.2) is 4.39 Å². The van der Waals surface area contributed by atoms with Gasteiger partial charge in [-0.05, 0) is 30.7 Å². The molecule has 2 aromatic carbocycles. The van der Waals surface area contributed by atoms with E-state index in [0.717, 1.165) is 5.56 Å². The molecule has 0 amide bonds. The van der Waals surface area contributed by atoms with E-state index in [1.807, 2.05) is 37.3 Å². The molecule has 0 saturated carbocycles. The smallest absolute Gasteiger partial charge is 0.127 e. The average molecular weight is 260 g/mol. The Morgan fingerprint density at radius 1 is 1.21 bits per heavy atom. The van der Waals surface area contributed by atoms with Crippen LogP contribution in [0.4, 0.5) is 15.8 Å². The number of aliphatic hydroxyl groups excluding tert-OH is 1. The lowest BCUT2D eigenvalue weighted by atomic mass is 9.92. The van der Waals surface area contributed by atoms with E-state index in [9.17, 15) is 9.50 Å². The highest BCUT2D eigenvalue weighted by Crippen LogP contribution is 2.27. The quantitative estimate of drug-likeness (QED) is 0.741. The monoisotopic (exact) mass is 260 g/mol. The van der Waals surface area contributed by atoms with E-state index in [-0.39, 0.29) is 6.61 Å². The number of nitrogen functional groups attached to an aromatic ring is 1. The summed E-state index contributed by atoms with van der Waals surface area (Å²) in [6.07, 6.45) is 0. The minimum absolute atomic E-state index is 0.118. The van der Waals surface area contributed by atoms with E-state index in [4.69, 9.17) is 5.73 Å². The SMILES string of the molecule is CC(CO)(Nc1cc(N)cc(F)c1)c1ccccc1. The fraction of sp³-hybridized carbons (Fsp3) is 0.200. The van der Waals surface area contributed by atoms with Crippen LogP contribution in [0.3, 0.4) is 0 Å². The topological polar surface area (TPSA) is 58.3 Å². The van der Waals surface area contributed by atoms with Crippen molar-refractivity contribution in [2.75, 3.05) is 17.7 Å². The van der Waals surface area contributed by atoms with E-state index in [2.05, 4.69) is 5.32 Å². The Kier molecular flexibility index (Phi) is 3.71. The molecule has 4 N–H and O–H groups in total. The Labute approximate surface area is 111 Å². The first-order valence-corrected chi connectivity index (χ1v) is 6.04. The van der Waals surface area contributed by atoms with Gasteiger partial charge < -0.3 is 16.2 Å². The molecule has 0 aliphatic rings. The fourth-order valence-electron chi connectivity index (χ4n) is 2.01. The van der Waals surface area contributed by atoms with Crippen LogP contribution in [0.15, 0.2) is 48.5 Å². The summed E-state index contributed by atoms with van der Waals surface area (Å²) < 4.78 is 13.3. The molecule has 0 aliphatic heterocycles. The predicted octanol–water partition coefficient (Wildman–Crippen LogP) is 2.73. The first-order valence-electron chi connectivity index (χ1n) is 6.04. The highest BCUT2D eigenvalue weighted by atomic mass is 19.1. The fourth-order valence-corrected chi connectivity index (χ4v) is 2.01. The minimum atomic E-state index is -0.693. The summed E-state index contributed by atoms with van der Waals surface area (Å²) in [6.45, 7) is 1.73. The third-order valence-electron chi connectivity index (χ3n) is 3.07. The van der Waals surface area contributed by atoms with Crippen molar-refractivity contribution < 1.29 is 9.50 Å². The maximum Gasteiger partial charge on any atom is 0.127 e. The van der Waals surface area contributed by atoms with Crippen molar-refractivity contribution in [2.24, 2.45) is 0 Å². The summed E-state index contributed by atoms with van der Waals surface area (Å²) in [6, 6.07) is 13.8. The number of aliphatic hydroxyl groups is 1. The molecule has 1 atom stereocenters. The molecule has 0 heterocycles. The van der Waals surface area contributed by atoms with Crippen molar-refractivity contribution in [3.63, 3.8) is 0 Å². The van der Waals surface area contributed by atoms with Crippen LogP contribution in [0.25, 0.3) is 0 Å². The number of rotatable bonds is 4. The van der Waals surface area contributed by atoms with Crippen molar-refractivity contribution in [3.05, 3.63) is 59.9 Å². The molecule has 4 heteroatoms. The number of hydrogen-bond acceptors (Lipinski definition) is 3. The Balaban J connectivity index is 2.33. The zero-order chi connectivity index (χ0) is 13.9. The van der Waals surface area contributed by atoms with Crippen LogP contribution in [-0.4, -0.2) is 11.7 Å². The average Bonchev–Trinajstić information content (AvgIpc) is 2.38. The number of benzene rings is 2. The predicted molar refractivity (Wildman–Crippen MR) is 75.3 cm³/mol.